The van der Waals surface area contributed by atoms with Crippen molar-refractivity contribution < 1.29 is 14.3 Å². The molecule has 100 valence electrons. The molecule has 0 fully saturated rings. The normalized spacial score (nSPS) is 9.89. The lowest BCUT2D eigenvalue weighted by molar-refractivity contribution is -0.121. The first-order chi connectivity index (χ1) is 8.76. The minimum atomic E-state index is 0.0733. The van der Waals surface area contributed by atoms with E-state index >= 15 is 0 Å². The van der Waals surface area contributed by atoms with Crippen molar-refractivity contribution >= 4 is 5.91 Å². The molecule has 0 radical (unpaired) electrons. The number of hydrogen-bond donors (Lipinski definition) is 1. The highest BCUT2D eigenvalue weighted by Crippen LogP contribution is 2.18. The predicted octanol–water partition coefficient (Wildman–Crippen LogP) is 2.38. The number of benzene rings is 1. The summed E-state index contributed by atoms with van der Waals surface area (Å²) in [6, 6.07) is 7.49. The van der Waals surface area contributed by atoms with Gasteiger partial charge in [-0.1, -0.05) is 13.0 Å². The average Bonchev–Trinajstić information content (AvgIpc) is 2.36. The van der Waals surface area contributed by atoms with Gasteiger partial charge in [0.05, 0.1) is 13.2 Å². The maximum absolute atomic E-state index is 11.2. The van der Waals surface area contributed by atoms with Gasteiger partial charge >= 0.3 is 0 Å². The average molecular weight is 251 g/mol. The molecule has 0 aliphatic carbocycles. The molecular formula is C14H21NO3. The lowest BCUT2D eigenvalue weighted by Crippen LogP contribution is -2.27. The molecule has 18 heavy (non-hydrogen) atoms. The minimum Gasteiger partial charge on any atom is -0.494 e. The Morgan fingerprint density at radius 2 is 1.94 bits per heavy atom. The summed E-state index contributed by atoms with van der Waals surface area (Å²) in [6.45, 7) is 5.55. The lowest BCUT2D eigenvalue weighted by atomic mass is 10.3. The standard InChI is InChI=1S/C14H21NO3/c1-3-6-14(16)15-9-10-18-13-8-5-7-12(11-13)17-4-2/h5,7-8,11H,3-4,6,9-10H2,1-2H3,(H,15,16). The SMILES string of the molecule is CCCC(=O)NCCOc1cccc(OCC)c1. The third kappa shape index (κ3) is 5.57. The van der Waals surface area contributed by atoms with E-state index in [1.54, 1.807) is 0 Å². The third-order valence-corrected chi connectivity index (χ3v) is 2.29. The molecule has 0 aromatic heterocycles. The molecule has 0 unspecified atom stereocenters. The van der Waals surface area contributed by atoms with Crippen LogP contribution in [0.3, 0.4) is 0 Å². The predicted molar refractivity (Wildman–Crippen MR) is 71.0 cm³/mol. The molecule has 0 bridgehead atoms. The van der Waals surface area contributed by atoms with Crippen LogP contribution in [0.4, 0.5) is 0 Å². The molecule has 0 saturated carbocycles. The summed E-state index contributed by atoms with van der Waals surface area (Å²) in [5.74, 6) is 1.62. The maximum atomic E-state index is 11.2. The molecular weight excluding hydrogens is 230 g/mol. The van der Waals surface area contributed by atoms with Crippen LogP contribution in [0.5, 0.6) is 11.5 Å². The van der Waals surface area contributed by atoms with Crippen LogP contribution in [0.2, 0.25) is 0 Å². The number of carbonyl (C=O) groups excluding carboxylic acids is 1. The summed E-state index contributed by atoms with van der Waals surface area (Å²) >= 11 is 0. The molecule has 1 N–H and O–H groups in total. The van der Waals surface area contributed by atoms with Gasteiger partial charge in [-0.3, -0.25) is 4.79 Å². The van der Waals surface area contributed by atoms with E-state index in [4.69, 9.17) is 9.47 Å². The first-order valence-corrected chi connectivity index (χ1v) is 6.38. The zero-order valence-corrected chi connectivity index (χ0v) is 11.1. The summed E-state index contributed by atoms with van der Waals surface area (Å²) < 4.78 is 10.9. The molecule has 4 nitrogen and oxygen atoms in total. The topological polar surface area (TPSA) is 47.6 Å². The molecule has 0 aliphatic heterocycles. The molecule has 1 rings (SSSR count). The van der Waals surface area contributed by atoms with Crippen molar-refractivity contribution in [1.29, 1.82) is 0 Å². The first-order valence-electron chi connectivity index (χ1n) is 6.38. The Hall–Kier alpha value is -1.71. The number of nitrogens with one attached hydrogen (secondary N) is 1. The molecule has 1 aromatic rings. The Morgan fingerprint density at radius 3 is 2.61 bits per heavy atom. The third-order valence-electron chi connectivity index (χ3n) is 2.29. The van der Waals surface area contributed by atoms with Crippen molar-refractivity contribution in [1.82, 2.24) is 5.32 Å². The van der Waals surface area contributed by atoms with Crippen LogP contribution >= 0.6 is 0 Å². The van der Waals surface area contributed by atoms with Crippen molar-refractivity contribution in [2.24, 2.45) is 0 Å². The van der Waals surface area contributed by atoms with E-state index < -0.39 is 0 Å². The Kier molecular flexibility index (Phi) is 6.69. The van der Waals surface area contributed by atoms with E-state index in [0.29, 0.717) is 26.2 Å². The molecule has 0 heterocycles. The van der Waals surface area contributed by atoms with E-state index in [2.05, 4.69) is 5.32 Å². The van der Waals surface area contributed by atoms with Crippen LogP contribution in [0.1, 0.15) is 26.7 Å². The maximum Gasteiger partial charge on any atom is 0.220 e. The highest BCUT2D eigenvalue weighted by molar-refractivity contribution is 5.75. The highest BCUT2D eigenvalue weighted by Gasteiger charge is 1.99. The Bertz CT molecular complexity index is 366. The van der Waals surface area contributed by atoms with Crippen LogP contribution in [-0.2, 0) is 4.79 Å². The van der Waals surface area contributed by atoms with Gasteiger partial charge in [-0.15, -0.1) is 0 Å². The van der Waals surface area contributed by atoms with E-state index in [-0.39, 0.29) is 5.91 Å². The van der Waals surface area contributed by atoms with Crippen LogP contribution in [0.15, 0.2) is 24.3 Å². The van der Waals surface area contributed by atoms with Crippen LogP contribution < -0.4 is 14.8 Å². The number of ether oxygens (including phenoxy) is 2. The zero-order chi connectivity index (χ0) is 13.2. The van der Waals surface area contributed by atoms with Gasteiger partial charge in [-0.25, -0.2) is 0 Å². The molecule has 1 aromatic carbocycles. The van der Waals surface area contributed by atoms with Gasteiger partial charge in [0.2, 0.25) is 5.91 Å². The second kappa shape index (κ2) is 8.39. The molecule has 0 saturated heterocycles. The number of amides is 1. The van der Waals surface area contributed by atoms with E-state index in [9.17, 15) is 4.79 Å². The van der Waals surface area contributed by atoms with Gasteiger partial charge < -0.3 is 14.8 Å². The van der Waals surface area contributed by atoms with Gasteiger partial charge in [0, 0.05) is 12.5 Å². The summed E-state index contributed by atoms with van der Waals surface area (Å²) in [5, 5.41) is 2.80. The summed E-state index contributed by atoms with van der Waals surface area (Å²) in [5.41, 5.74) is 0. The first kappa shape index (κ1) is 14.4. The van der Waals surface area contributed by atoms with Gasteiger partial charge in [0.1, 0.15) is 18.1 Å². The van der Waals surface area contributed by atoms with Crippen molar-refractivity contribution in [3.05, 3.63) is 24.3 Å². The van der Waals surface area contributed by atoms with Crippen molar-refractivity contribution in [2.75, 3.05) is 19.8 Å². The van der Waals surface area contributed by atoms with E-state index in [1.165, 1.54) is 0 Å². The second-order valence-electron chi connectivity index (χ2n) is 3.86. The Labute approximate surface area is 108 Å². The summed E-state index contributed by atoms with van der Waals surface area (Å²) in [4.78, 5) is 11.2. The van der Waals surface area contributed by atoms with Crippen molar-refractivity contribution in [3.63, 3.8) is 0 Å². The summed E-state index contributed by atoms with van der Waals surface area (Å²) in [6.07, 6.45) is 1.43. The number of hydrogen-bond acceptors (Lipinski definition) is 3. The smallest absolute Gasteiger partial charge is 0.220 e. The number of rotatable bonds is 8. The molecule has 4 heteroatoms. The zero-order valence-electron chi connectivity index (χ0n) is 11.1. The van der Waals surface area contributed by atoms with Gasteiger partial charge in [-0.05, 0) is 25.5 Å². The van der Waals surface area contributed by atoms with Gasteiger partial charge in [0.25, 0.3) is 0 Å². The molecule has 0 aliphatic rings. The monoisotopic (exact) mass is 251 g/mol. The molecule has 0 atom stereocenters. The van der Waals surface area contributed by atoms with Crippen molar-refractivity contribution in [3.8, 4) is 11.5 Å². The fraction of sp³-hybridized carbons (Fsp3) is 0.500. The van der Waals surface area contributed by atoms with E-state index in [1.807, 2.05) is 38.1 Å². The fourth-order valence-corrected chi connectivity index (χ4v) is 1.50. The second-order valence-corrected chi connectivity index (χ2v) is 3.86. The molecule has 0 spiro atoms. The fourth-order valence-electron chi connectivity index (χ4n) is 1.50. The Balaban J connectivity index is 2.26. The van der Waals surface area contributed by atoms with Gasteiger partial charge in [-0.2, -0.15) is 0 Å². The Morgan fingerprint density at radius 1 is 1.22 bits per heavy atom. The van der Waals surface area contributed by atoms with Crippen LogP contribution in [0.25, 0.3) is 0 Å². The van der Waals surface area contributed by atoms with E-state index in [0.717, 1.165) is 17.9 Å². The van der Waals surface area contributed by atoms with Gasteiger partial charge in [0.15, 0.2) is 0 Å². The number of carbonyl (C=O) groups is 1. The lowest BCUT2D eigenvalue weighted by Gasteiger charge is -2.09. The van der Waals surface area contributed by atoms with Crippen LogP contribution in [0, 0.1) is 0 Å². The quantitative estimate of drug-likeness (QED) is 0.722. The summed E-state index contributed by atoms with van der Waals surface area (Å²) in [7, 11) is 0. The highest BCUT2D eigenvalue weighted by atomic mass is 16.5. The largest absolute Gasteiger partial charge is 0.494 e. The minimum absolute atomic E-state index is 0.0733. The van der Waals surface area contributed by atoms with Crippen molar-refractivity contribution in [2.45, 2.75) is 26.7 Å². The van der Waals surface area contributed by atoms with Crippen LogP contribution in [-0.4, -0.2) is 25.7 Å². The molecule has 1 amide bonds.